The fourth-order valence-electron chi connectivity index (χ4n) is 2.14. The number of anilines is 1. The maximum atomic E-state index is 11.3. The van der Waals surface area contributed by atoms with E-state index in [1.54, 1.807) is 14.0 Å². The summed E-state index contributed by atoms with van der Waals surface area (Å²) >= 11 is 1.13. The first-order chi connectivity index (χ1) is 10.1. The number of carboxylic acid groups (broad SMARTS) is 1. The van der Waals surface area contributed by atoms with Gasteiger partial charge in [0.25, 0.3) is 0 Å². The van der Waals surface area contributed by atoms with E-state index < -0.39 is 5.97 Å². The van der Waals surface area contributed by atoms with Crippen LogP contribution in [0.5, 0.6) is 0 Å². The fraction of sp³-hybridized carbons (Fsp3) is 0.462. The van der Waals surface area contributed by atoms with Gasteiger partial charge in [-0.2, -0.15) is 0 Å². The van der Waals surface area contributed by atoms with Crippen molar-refractivity contribution in [2.24, 2.45) is 0 Å². The van der Waals surface area contributed by atoms with Crippen molar-refractivity contribution in [2.75, 3.05) is 38.3 Å². The summed E-state index contributed by atoms with van der Waals surface area (Å²) in [6.07, 6.45) is 1.41. The van der Waals surface area contributed by atoms with Crippen LogP contribution in [0.2, 0.25) is 0 Å². The van der Waals surface area contributed by atoms with Gasteiger partial charge in [-0.15, -0.1) is 11.3 Å². The quantitative estimate of drug-likeness (QED) is 0.791. The standard InChI is InChI=1S/C13H17N3O4S/c1-8-9-11(16(3-5-17)4-6-20-2)14-7-15-12(9)21-10(8)13(18)19/h7,17H,3-6H2,1-2H3,(H,18,19). The number of hydrogen-bond acceptors (Lipinski definition) is 7. The molecule has 0 aromatic carbocycles. The van der Waals surface area contributed by atoms with Crippen molar-refractivity contribution < 1.29 is 19.7 Å². The largest absolute Gasteiger partial charge is 0.477 e. The van der Waals surface area contributed by atoms with Gasteiger partial charge in [0.05, 0.1) is 18.6 Å². The molecule has 0 aliphatic carbocycles. The van der Waals surface area contributed by atoms with Crippen LogP contribution in [-0.2, 0) is 4.74 Å². The Labute approximate surface area is 125 Å². The van der Waals surface area contributed by atoms with Crippen LogP contribution in [0.25, 0.3) is 10.2 Å². The molecule has 0 radical (unpaired) electrons. The van der Waals surface area contributed by atoms with E-state index in [4.69, 9.17) is 4.74 Å². The molecule has 0 fully saturated rings. The number of aryl methyl sites for hydroxylation is 1. The zero-order valence-electron chi connectivity index (χ0n) is 11.9. The molecule has 0 spiro atoms. The second-order valence-electron chi connectivity index (χ2n) is 4.44. The predicted molar refractivity (Wildman–Crippen MR) is 80.3 cm³/mol. The third-order valence-electron chi connectivity index (χ3n) is 3.14. The minimum Gasteiger partial charge on any atom is -0.477 e. The zero-order valence-corrected chi connectivity index (χ0v) is 12.7. The summed E-state index contributed by atoms with van der Waals surface area (Å²) in [5, 5.41) is 19.2. The molecule has 2 aromatic heterocycles. The zero-order chi connectivity index (χ0) is 15.4. The van der Waals surface area contributed by atoms with Crippen molar-refractivity contribution in [3.8, 4) is 0 Å². The molecule has 21 heavy (non-hydrogen) atoms. The number of aliphatic hydroxyl groups excluding tert-OH is 1. The Morgan fingerprint density at radius 2 is 2.19 bits per heavy atom. The van der Waals surface area contributed by atoms with Gasteiger partial charge in [-0.25, -0.2) is 14.8 Å². The minimum absolute atomic E-state index is 0.0236. The lowest BCUT2D eigenvalue weighted by atomic mass is 10.2. The van der Waals surface area contributed by atoms with Crippen LogP contribution in [0.3, 0.4) is 0 Å². The molecule has 0 aliphatic rings. The van der Waals surface area contributed by atoms with E-state index in [1.165, 1.54) is 6.33 Å². The number of nitrogens with zero attached hydrogens (tertiary/aromatic N) is 3. The molecule has 8 heteroatoms. The van der Waals surface area contributed by atoms with Crippen molar-refractivity contribution in [2.45, 2.75) is 6.92 Å². The van der Waals surface area contributed by atoms with Gasteiger partial charge in [-0.05, 0) is 12.5 Å². The molecular formula is C13H17N3O4S. The number of thiophene rings is 1. The average molecular weight is 311 g/mol. The molecule has 0 saturated heterocycles. The molecular weight excluding hydrogens is 294 g/mol. The first-order valence-corrected chi connectivity index (χ1v) is 7.24. The van der Waals surface area contributed by atoms with Crippen LogP contribution in [0.15, 0.2) is 6.33 Å². The molecule has 114 valence electrons. The van der Waals surface area contributed by atoms with Gasteiger partial charge >= 0.3 is 5.97 Å². The van der Waals surface area contributed by atoms with Crippen LogP contribution >= 0.6 is 11.3 Å². The van der Waals surface area contributed by atoms with E-state index in [-0.39, 0.29) is 11.5 Å². The van der Waals surface area contributed by atoms with E-state index in [9.17, 15) is 15.0 Å². The number of aromatic nitrogens is 2. The summed E-state index contributed by atoms with van der Waals surface area (Å²) in [5.41, 5.74) is 0.651. The summed E-state index contributed by atoms with van der Waals surface area (Å²) in [7, 11) is 1.60. The number of methoxy groups -OCH3 is 1. The van der Waals surface area contributed by atoms with E-state index >= 15 is 0 Å². The van der Waals surface area contributed by atoms with Crippen LogP contribution in [0.4, 0.5) is 5.82 Å². The number of rotatable bonds is 7. The summed E-state index contributed by atoms with van der Waals surface area (Å²) in [5.74, 6) is -0.334. The lowest BCUT2D eigenvalue weighted by molar-refractivity contribution is 0.0701. The molecule has 2 heterocycles. The van der Waals surface area contributed by atoms with Crippen LogP contribution in [0.1, 0.15) is 15.2 Å². The van der Waals surface area contributed by atoms with Crippen molar-refractivity contribution >= 4 is 33.3 Å². The van der Waals surface area contributed by atoms with Gasteiger partial charge in [-0.3, -0.25) is 0 Å². The Hall–Kier alpha value is -1.77. The van der Waals surface area contributed by atoms with Crippen molar-refractivity contribution in [3.05, 3.63) is 16.8 Å². The number of fused-ring (bicyclic) bond motifs is 1. The maximum absolute atomic E-state index is 11.3. The summed E-state index contributed by atoms with van der Waals surface area (Å²) < 4.78 is 5.07. The molecule has 2 rings (SSSR count). The number of aliphatic hydroxyl groups is 1. The molecule has 2 aromatic rings. The Kier molecular flexibility index (Phi) is 5.05. The highest BCUT2D eigenvalue weighted by molar-refractivity contribution is 7.20. The van der Waals surface area contributed by atoms with Gasteiger partial charge < -0.3 is 19.8 Å². The van der Waals surface area contributed by atoms with Crippen LogP contribution in [-0.4, -0.2) is 59.6 Å². The van der Waals surface area contributed by atoms with Crippen LogP contribution < -0.4 is 4.90 Å². The molecule has 0 saturated carbocycles. The summed E-state index contributed by atoms with van der Waals surface area (Å²) in [4.78, 5) is 22.5. The average Bonchev–Trinajstić information content (AvgIpc) is 2.81. The summed E-state index contributed by atoms with van der Waals surface area (Å²) in [6.45, 7) is 3.17. The summed E-state index contributed by atoms with van der Waals surface area (Å²) in [6, 6.07) is 0. The molecule has 0 unspecified atom stereocenters. The van der Waals surface area contributed by atoms with E-state index in [2.05, 4.69) is 9.97 Å². The lowest BCUT2D eigenvalue weighted by Crippen LogP contribution is -2.31. The van der Waals surface area contributed by atoms with Gasteiger partial charge in [0.15, 0.2) is 0 Å². The first-order valence-electron chi connectivity index (χ1n) is 6.42. The Morgan fingerprint density at radius 1 is 1.43 bits per heavy atom. The van der Waals surface area contributed by atoms with Crippen molar-refractivity contribution in [3.63, 3.8) is 0 Å². The second-order valence-corrected chi connectivity index (χ2v) is 5.44. The topological polar surface area (TPSA) is 95.8 Å². The highest BCUT2D eigenvalue weighted by atomic mass is 32.1. The monoisotopic (exact) mass is 311 g/mol. The normalized spacial score (nSPS) is 11.0. The molecule has 0 amide bonds. The van der Waals surface area contributed by atoms with E-state index in [0.29, 0.717) is 35.9 Å². The smallest absolute Gasteiger partial charge is 0.346 e. The molecule has 7 nitrogen and oxygen atoms in total. The number of carbonyl (C=O) groups is 1. The molecule has 0 aliphatic heterocycles. The highest BCUT2D eigenvalue weighted by Crippen LogP contribution is 2.34. The van der Waals surface area contributed by atoms with E-state index in [1.807, 2.05) is 4.90 Å². The minimum atomic E-state index is -0.966. The first kappa shape index (κ1) is 15.6. The lowest BCUT2D eigenvalue weighted by Gasteiger charge is -2.23. The maximum Gasteiger partial charge on any atom is 0.346 e. The number of aromatic carboxylic acids is 1. The van der Waals surface area contributed by atoms with Gasteiger partial charge in [0.2, 0.25) is 0 Å². The van der Waals surface area contributed by atoms with Crippen molar-refractivity contribution in [1.82, 2.24) is 9.97 Å². The molecule has 2 N–H and O–H groups in total. The fourth-order valence-corrected chi connectivity index (χ4v) is 3.12. The third-order valence-corrected chi connectivity index (χ3v) is 4.32. The van der Waals surface area contributed by atoms with Gasteiger partial charge in [-0.1, -0.05) is 0 Å². The molecule has 0 bridgehead atoms. The predicted octanol–water partition coefficient (Wildman–Crippen LogP) is 1.14. The van der Waals surface area contributed by atoms with Crippen LogP contribution in [0, 0.1) is 6.92 Å². The SMILES string of the molecule is COCCN(CCO)c1ncnc2sc(C(=O)O)c(C)c12. The van der Waals surface area contributed by atoms with E-state index in [0.717, 1.165) is 16.7 Å². The Bertz CT molecular complexity index is 644. The Morgan fingerprint density at radius 3 is 2.81 bits per heavy atom. The van der Waals surface area contributed by atoms with Crippen molar-refractivity contribution in [1.29, 1.82) is 0 Å². The highest BCUT2D eigenvalue weighted by Gasteiger charge is 2.21. The second kappa shape index (κ2) is 6.79. The number of carboxylic acids is 1. The van der Waals surface area contributed by atoms with Gasteiger partial charge in [0, 0.05) is 20.2 Å². The Balaban J connectivity index is 2.53. The van der Waals surface area contributed by atoms with Gasteiger partial charge in [0.1, 0.15) is 21.9 Å². The number of ether oxygens (including phenoxy) is 1. The number of hydrogen-bond donors (Lipinski definition) is 2. The third kappa shape index (κ3) is 3.12. The molecule has 0 atom stereocenters.